The third-order valence-corrected chi connectivity index (χ3v) is 7.62. The second-order valence-corrected chi connectivity index (χ2v) is 10.6. The zero-order valence-corrected chi connectivity index (χ0v) is 20.0. The van der Waals surface area contributed by atoms with Gasteiger partial charge in [0.15, 0.2) is 9.84 Å². The number of aryl methyl sites for hydroxylation is 1. The van der Waals surface area contributed by atoms with Crippen molar-refractivity contribution in [1.29, 1.82) is 0 Å². The van der Waals surface area contributed by atoms with E-state index in [1.807, 2.05) is 30.5 Å². The van der Waals surface area contributed by atoms with Gasteiger partial charge in [0, 0.05) is 36.1 Å². The van der Waals surface area contributed by atoms with Gasteiger partial charge in [0.1, 0.15) is 11.4 Å². The van der Waals surface area contributed by atoms with Crippen molar-refractivity contribution in [2.24, 2.45) is 0 Å². The van der Waals surface area contributed by atoms with Crippen molar-refractivity contribution in [3.05, 3.63) is 66.1 Å². The van der Waals surface area contributed by atoms with Gasteiger partial charge in [-0.15, -0.1) is 5.10 Å². The highest BCUT2D eigenvalue weighted by atomic mass is 35.5. The number of sulfone groups is 1. The Morgan fingerprint density at radius 3 is 2.85 bits per heavy atom. The number of H-pyrrole nitrogens is 1. The number of aromatic amines is 1. The molecular formula is C24H22ClN5O3S. The molecule has 0 spiro atoms. The van der Waals surface area contributed by atoms with Crippen LogP contribution < -0.4 is 4.74 Å². The lowest BCUT2D eigenvalue weighted by Gasteiger charge is -2.12. The van der Waals surface area contributed by atoms with Crippen molar-refractivity contribution < 1.29 is 13.2 Å². The normalized spacial score (nSPS) is 11.9. The first kappa shape index (κ1) is 22.4. The summed E-state index contributed by atoms with van der Waals surface area (Å²) in [5.74, 6) is 0.726. The van der Waals surface area contributed by atoms with E-state index in [1.54, 1.807) is 42.2 Å². The van der Waals surface area contributed by atoms with Gasteiger partial charge in [-0.1, -0.05) is 35.9 Å². The largest absolute Gasteiger partial charge is 0.491 e. The van der Waals surface area contributed by atoms with Crippen LogP contribution in [0.3, 0.4) is 0 Å². The second-order valence-electron chi connectivity index (χ2n) is 7.84. The molecule has 0 amide bonds. The number of nitrogens with zero attached hydrogens (tertiary/aromatic N) is 4. The summed E-state index contributed by atoms with van der Waals surface area (Å²) in [7, 11) is -3.34. The minimum atomic E-state index is -3.34. The van der Waals surface area contributed by atoms with Gasteiger partial charge in [-0.05, 0) is 41.5 Å². The van der Waals surface area contributed by atoms with Crippen LogP contribution in [0.5, 0.6) is 5.75 Å². The number of rotatable bonds is 8. The number of pyridine rings is 1. The van der Waals surface area contributed by atoms with E-state index in [1.165, 1.54) is 0 Å². The minimum absolute atomic E-state index is 0.0415. The van der Waals surface area contributed by atoms with Crippen LogP contribution in [-0.4, -0.2) is 45.7 Å². The highest BCUT2D eigenvalue weighted by Gasteiger charge is 2.18. The summed E-state index contributed by atoms with van der Waals surface area (Å²) in [5.41, 5.74) is 3.12. The molecule has 0 bridgehead atoms. The van der Waals surface area contributed by atoms with Crippen LogP contribution in [-0.2, 0) is 16.4 Å². The summed E-state index contributed by atoms with van der Waals surface area (Å²) in [6.07, 6.45) is 5.80. The smallest absolute Gasteiger partial charge is 0.178 e. The minimum Gasteiger partial charge on any atom is -0.491 e. The topological polar surface area (TPSA) is 103 Å². The number of fused-ring (bicyclic) bond motifs is 3. The highest BCUT2D eigenvalue weighted by Crippen LogP contribution is 2.40. The molecule has 0 radical (unpaired) electrons. The first-order valence-corrected chi connectivity index (χ1v) is 12.9. The van der Waals surface area contributed by atoms with Crippen LogP contribution >= 0.6 is 11.6 Å². The monoisotopic (exact) mass is 495 g/mol. The van der Waals surface area contributed by atoms with Gasteiger partial charge >= 0.3 is 0 Å². The van der Waals surface area contributed by atoms with Crippen molar-refractivity contribution in [3.63, 3.8) is 0 Å². The van der Waals surface area contributed by atoms with Crippen molar-refractivity contribution >= 4 is 43.4 Å². The predicted molar refractivity (Wildman–Crippen MR) is 132 cm³/mol. The van der Waals surface area contributed by atoms with Crippen LogP contribution in [0.25, 0.3) is 33.1 Å². The summed E-state index contributed by atoms with van der Waals surface area (Å²) >= 11 is 6.27. The Bertz CT molecular complexity index is 1580. The Balaban J connectivity index is 1.58. The van der Waals surface area contributed by atoms with E-state index >= 15 is 0 Å². The maximum Gasteiger partial charge on any atom is 0.178 e. The van der Waals surface area contributed by atoms with Crippen molar-refractivity contribution in [2.45, 2.75) is 24.8 Å². The van der Waals surface area contributed by atoms with E-state index in [9.17, 15) is 8.42 Å². The molecule has 174 valence electrons. The number of nitrogens with one attached hydrogen (secondary N) is 1. The quantitative estimate of drug-likeness (QED) is 0.307. The average Bonchev–Trinajstić information content (AvgIpc) is 3.50. The third-order valence-electron chi connectivity index (χ3n) is 5.68. The number of halogens is 1. The van der Waals surface area contributed by atoms with Crippen LogP contribution in [0, 0.1) is 0 Å². The molecule has 3 heterocycles. The van der Waals surface area contributed by atoms with E-state index < -0.39 is 9.84 Å². The maximum atomic E-state index is 12.5. The lowest BCUT2D eigenvalue weighted by atomic mass is 9.99. The van der Waals surface area contributed by atoms with Crippen LogP contribution in [0.15, 0.2) is 66.0 Å². The fourth-order valence-corrected chi connectivity index (χ4v) is 5.06. The molecule has 0 atom stereocenters. The molecule has 1 N–H and O–H groups in total. The first-order chi connectivity index (χ1) is 16.5. The Morgan fingerprint density at radius 1 is 1.18 bits per heavy atom. The highest BCUT2D eigenvalue weighted by molar-refractivity contribution is 7.91. The van der Waals surface area contributed by atoms with Gasteiger partial charge in [-0.3, -0.25) is 4.68 Å². The summed E-state index contributed by atoms with van der Waals surface area (Å²) < 4.78 is 32.8. The summed E-state index contributed by atoms with van der Waals surface area (Å²) in [6, 6.07) is 12.7. The average molecular weight is 496 g/mol. The molecule has 0 aliphatic heterocycles. The van der Waals surface area contributed by atoms with Crippen molar-refractivity contribution in [1.82, 2.24) is 25.0 Å². The molecule has 0 saturated heterocycles. The van der Waals surface area contributed by atoms with E-state index in [4.69, 9.17) is 16.3 Å². The van der Waals surface area contributed by atoms with Gasteiger partial charge in [-0.25, -0.2) is 13.4 Å². The summed E-state index contributed by atoms with van der Waals surface area (Å²) in [5, 5.41) is 10.0. The molecule has 0 saturated carbocycles. The van der Waals surface area contributed by atoms with E-state index in [-0.39, 0.29) is 5.75 Å². The van der Waals surface area contributed by atoms with Crippen LogP contribution in [0.4, 0.5) is 0 Å². The Morgan fingerprint density at radius 2 is 2.06 bits per heavy atom. The molecule has 0 aliphatic carbocycles. The number of ether oxygens (including phenoxy) is 1. The molecule has 3 aromatic heterocycles. The van der Waals surface area contributed by atoms with Crippen molar-refractivity contribution in [2.75, 3.05) is 12.4 Å². The van der Waals surface area contributed by atoms with Gasteiger partial charge in [-0.2, -0.15) is 0 Å². The molecule has 8 nitrogen and oxygen atoms in total. The molecule has 0 fully saturated rings. The zero-order valence-electron chi connectivity index (χ0n) is 18.4. The molecular weight excluding hydrogens is 474 g/mol. The van der Waals surface area contributed by atoms with E-state index in [2.05, 4.69) is 20.3 Å². The number of aromatic nitrogens is 5. The van der Waals surface area contributed by atoms with Gasteiger partial charge in [0.05, 0.1) is 34.0 Å². The molecule has 2 aromatic carbocycles. The molecule has 0 unspecified atom stereocenters. The fraction of sp³-hybridized carbons (Fsp3) is 0.208. The SMILES string of the molecule is CCS(=O)(=O)c1cccc(-c2ccc(OCCCn3ccnn3)c3[nH]c4ncc(Cl)cc4c23)c1. The van der Waals surface area contributed by atoms with Crippen LogP contribution in [0.1, 0.15) is 13.3 Å². The summed E-state index contributed by atoms with van der Waals surface area (Å²) in [6.45, 7) is 2.83. The van der Waals surface area contributed by atoms with Crippen LogP contribution in [0.2, 0.25) is 5.02 Å². The second kappa shape index (κ2) is 9.08. The van der Waals surface area contributed by atoms with Gasteiger partial charge in [0.2, 0.25) is 0 Å². The zero-order chi connectivity index (χ0) is 23.7. The van der Waals surface area contributed by atoms with Crippen molar-refractivity contribution in [3.8, 4) is 16.9 Å². The van der Waals surface area contributed by atoms with E-state index in [0.717, 1.165) is 33.8 Å². The number of benzene rings is 2. The van der Waals surface area contributed by atoms with Gasteiger partial charge < -0.3 is 9.72 Å². The Hall–Kier alpha value is -3.43. The lowest BCUT2D eigenvalue weighted by molar-refractivity contribution is 0.300. The predicted octanol–water partition coefficient (Wildman–Crippen LogP) is 4.89. The standard InChI is InChI=1S/C24H22ClN5O3S/c1-2-34(31,32)18-6-3-5-16(13-18)19-7-8-21(33-12-4-10-30-11-9-27-29-30)23-22(19)20-14-17(25)15-26-24(20)28-23/h3,5-9,11,13-15H,2,4,10,12H2,1H3,(H,26,28). The number of hydrogen-bond donors (Lipinski definition) is 1. The molecule has 10 heteroatoms. The maximum absolute atomic E-state index is 12.5. The van der Waals surface area contributed by atoms with E-state index in [0.29, 0.717) is 34.5 Å². The molecule has 5 aromatic rings. The molecule has 0 aliphatic rings. The Kier molecular flexibility index (Phi) is 5.97. The molecule has 5 rings (SSSR count). The first-order valence-electron chi connectivity index (χ1n) is 10.9. The summed E-state index contributed by atoms with van der Waals surface area (Å²) in [4.78, 5) is 8.09. The molecule has 34 heavy (non-hydrogen) atoms. The lowest BCUT2D eigenvalue weighted by Crippen LogP contribution is -2.05. The number of hydrogen-bond acceptors (Lipinski definition) is 6. The third kappa shape index (κ3) is 4.24. The Labute approximate surface area is 201 Å². The van der Waals surface area contributed by atoms with Gasteiger partial charge in [0.25, 0.3) is 0 Å². The fourth-order valence-electron chi connectivity index (χ4n) is 3.98.